The molecule has 2 aliphatic carbocycles. The molecule has 3 heteroatoms. The van der Waals surface area contributed by atoms with Crippen LogP contribution in [0.4, 0.5) is 0 Å². The van der Waals surface area contributed by atoms with E-state index in [2.05, 4.69) is 24.3 Å². The fraction of sp³-hybridized carbons (Fsp3) is 0.353. The van der Waals surface area contributed by atoms with Crippen LogP contribution in [0.3, 0.4) is 0 Å². The lowest BCUT2D eigenvalue weighted by Gasteiger charge is -2.06. The predicted octanol–water partition coefficient (Wildman–Crippen LogP) is 4.03. The summed E-state index contributed by atoms with van der Waals surface area (Å²) in [5.41, 5.74) is 2.48. The second-order valence-electron chi connectivity index (χ2n) is 5.28. The molecular formula is C17H17ClO2. The second-order valence-corrected chi connectivity index (χ2v) is 5.73. The predicted molar refractivity (Wildman–Crippen MR) is 79.4 cm³/mol. The molecular weight excluding hydrogens is 272 g/mol. The molecule has 1 aromatic rings. The van der Waals surface area contributed by atoms with Crippen molar-refractivity contribution in [2.45, 2.75) is 19.3 Å². The minimum Gasteiger partial charge on any atom is -0.463 e. The molecule has 0 bridgehead atoms. The van der Waals surface area contributed by atoms with Gasteiger partial charge in [-0.1, -0.05) is 48.0 Å². The molecule has 0 heterocycles. The third kappa shape index (κ3) is 2.40. The van der Waals surface area contributed by atoms with Crippen LogP contribution >= 0.6 is 11.6 Å². The van der Waals surface area contributed by atoms with Crippen LogP contribution in [0.15, 0.2) is 53.1 Å². The Labute approximate surface area is 124 Å². The fourth-order valence-electron chi connectivity index (χ4n) is 3.24. The van der Waals surface area contributed by atoms with Gasteiger partial charge in [-0.25, -0.2) is 4.79 Å². The topological polar surface area (TPSA) is 26.3 Å². The van der Waals surface area contributed by atoms with Crippen molar-refractivity contribution in [1.82, 2.24) is 0 Å². The Morgan fingerprint density at radius 3 is 2.80 bits per heavy atom. The van der Waals surface area contributed by atoms with E-state index >= 15 is 0 Å². The normalized spacial score (nSPS) is 27.8. The van der Waals surface area contributed by atoms with E-state index in [0.29, 0.717) is 24.4 Å². The number of halogens is 1. The van der Waals surface area contributed by atoms with Crippen molar-refractivity contribution in [2.24, 2.45) is 11.8 Å². The van der Waals surface area contributed by atoms with Crippen LogP contribution in [-0.4, -0.2) is 12.6 Å². The van der Waals surface area contributed by atoms with Crippen LogP contribution in [0, 0.1) is 11.8 Å². The summed E-state index contributed by atoms with van der Waals surface area (Å²) in [4.78, 5) is 11.4. The summed E-state index contributed by atoms with van der Waals surface area (Å²) in [6.07, 6.45) is 4.26. The summed E-state index contributed by atoms with van der Waals surface area (Å²) in [5.74, 6) is 1.33. The van der Waals surface area contributed by atoms with Crippen LogP contribution < -0.4 is 0 Å². The first-order valence-corrected chi connectivity index (χ1v) is 7.38. The van der Waals surface area contributed by atoms with Gasteiger partial charge in [0.25, 0.3) is 0 Å². The summed E-state index contributed by atoms with van der Waals surface area (Å²) < 4.78 is 4.91. The molecule has 3 rings (SSSR count). The van der Waals surface area contributed by atoms with E-state index in [1.165, 1.54) is 11.6 Å². The van der Waals surface area contributed by atoms with Crippen LogP contribution in [0.1, 0.15) is 24.8 Å². The van der Waals surface area contributed by atoms with Crippen molar-refractivity contribution in [2.75, 3.05) is 6.61 Å². The Hall–Kier alpha value is -1.54. The number of benzene rings is 1. The van der Waals surface area contributed by atoms with E-state index in [1.54, 1.807) is 6.92 Å². The molecule has 0 saturated heterocycles. The lowest BCUT2D eigenvalue weighted by molar-refractivity contribution is -0.137. The standard InChI is InChI=1S/C17H17ClO2/c1-2-20-15(19)9-8-12-14(18)10-13-16(17(12)13)11-6-4-3-5-7-11/h3-9,13,16-17H,2,10H2,1H3/b9-8+/t13-,16-,17-/m1/s1. The number of allylic oxidation sites excluding steroid dienone is 3. The van der Waals surface area contributed by atoms with Gasteiger partial charge in [-0.3, -0.25) is 0 Å². The van der Waals surface area contributed by atoms with E-state index < -0.39 is 0 Å². The van der Waals surface area contributed by atoms with Gasteiger partial charge in [-0.15, -0.1) is 0 Å². The third-order valence-corrected chi connectivity index (χ3v) is 4.50. The lowest BCUT2D eigenvalue weighted by Crippen LogP contribution is -1.99. The van der Waals surface area contributed by atoms with Crippen LogP contribution in [0.25, 0.3) is 0 Å². The summed E-state index contributed by atoms with van der Waals surface area (Å²) in [5, 5.41) is 0.896. The molecule has 0 spiro atoms. The largest absolute Gasteiger partial charge is 0.463 e. The van der Waals surface area contributed by atoms with Gasteiger partial charge >= 0.3 is 5.97 Å². The van der Waals surface area contributed by atoms with Gasteiger partial charge in [-0.2, -0.15) is 0 Å². The van der Waals surface area contributed by atoms with Crippen LogP contribution in [0.2, 0.25) is 0 Å². The maximum Gasteiger partial charge on any atom is 0.330 e. The quantitative estimate of drug-likeness (QED) is 0.617. The molecule has 1 fully saturated rings. The molecule has 0 aliphatic heterocycles. The number of esters is 1. The van der Waals surface area contributed by atoms with Crippen molar-refractivity contribution in [3.8, 4) is 0 Å². The third-order valence-electron chi connectivity index (χ3n) is 4.13. The zero-order valence-corrected chi connectivity index (χ0v) is 12.1. The molecule has 1 saturated carbocycles. The van der Waals surface area contributed by atoms with Crippen molar-refractivity contribution in [3.63, 3.8) is 0 Å². The van der Waals surface area contributed by atoms with E-state index in [1.807, 2.05) is 12.1 Å². The van der Waals surface area contributed by atoms with E-state index in [4.69, 9.17) is 16.3 Å². The van der Waals surface area contributed by atoms with Crippen molar-refractivity contribution < 1.29 is 9.53 Å². The summed E-state index contributed by atoms with van der Waals surface area (Å²) in [6, 6.07) is 10.5. The second kappa shape index (κ2) is 5.45. The highest BCUT2D eigenvalue weighted by Gasteiger charge is 2.56. The minimum absolute atomic E-state index is 0.301. The number of hydrogen-bond acceptors (Lipinski definition) is 2. The monoisotopic (exact) mass is 288 g/mol. The molecule has 0 amide bonds. The van der Waals surface area contributed by atoms with Gasteiger partial charge in [-0.05, 0) is 42.2 Å². The molecule has 20 heavy (non-hydrogen) atoms. The van der Waals surface area contributed by atoms with Gasteiger partial charge in [0.05, 0.1) is 6.61 Å². The average molecular weight is 289 g/mol. The highest BCUT2D eigenvalue weighted by Crippen LogP contribution is 2.66. The first-order valence-electron chi connectivity index (χ1n) is 7.00. The Kier molecular flexibility index (Phi) is 3.66. The molecule has 1 aromatic carbocycles. The smallest absolute Gasteiger partial charge is 0.330 e. The van der Waals surface area contributed by atoms with Crippen molar-refractivity contribution >= 4 is 17.6 Å². The van der Waals surface area contributed by atoms with Crippen LogP contribution in [0.5, 0.6) is 0 Å². The highest BCUT2D eigenvalue weighted by atomic mass is 35.5. The number of fused-ring (bicyclic) bond motifs is 1. The first kappa shape index (κ1) is 13.4. The van der Waals surface area contributed by atoms with Gasteiger partial charge in [0.1, 0.15) is 0 Å². The van der Waals surface area contributed by atoms with Gasteiger partial charge in [0, 0.05) is 11.1 Å². The number of carbonyl (C=O) groups excluding carboxylic acids is 1. The lowest BCUT2D eigenvalue weighted by atomic mass is 10.0. The summed E-state index contributed by atoms with van der Waals surface area (Å²) >= 11 is 6.29. The molecule has 0 aromatic heterocycles. The summed E-state index contributed by atoms with van der Waals surface area (Å²) in [7, 11) is 0. The molecule has 0 unspecified atom stereocenters. The Morgan fingerprint density at radius 2 is 2.10 bits per heavy atom. The first-order chi connectivity index (χ1) is 9.72. The van der Waals surface area contributed by atoms with Crippen molar-refractivity contribution in [1.29, 1.82) is 0 Å². The number of carbonyl (C=O) groups is 1. The highest BCUT2D eigenvalue weighted by molar-refractivity contribution is 6.30. The van der Waals surface area contributed by atoms with Gasteiger partial charge in [0.2, 0.25) is 0 Å². The number of hydrogen-bond donors (Lipinski definition) is 0. The maximum atomic E-state index is 11.4. The van der Waals surface area contributed by atoms with E-state index in [9.17, 15) is 4.79 Å². The molecule has 0 N–H and O–H groups in total. The molecule has 2 nitrogen and oxygen atoms in total. The molecule has 0 radical (unpaired) electrons. The Balaban J connectivity index is 1.73. The molecule has 2 aliphatic rings. The maximum absolute atomic E-state index is 11.4. The fourth-order valence-corrected chi connectivity index (χ4v) is 3.60. The van der Waals surface area contributed by atoms with Gasteiger partial charge in [0.15, 0.2) is 0 Å². The SMILES string of the molecule is CCOC(=O)/C=C/C1=C(Cl)C[C@H]2[C@@H]1[C@@H]2c1ccccc1. The molecule has 3 atom stereocenters. The van der Waals surface area contributed by atoms with E-state index in [0.717, 1.165) is 17.0 Å². The van der Waals surface area contributed by atoms with E-state index in [-0.39, 0.29) is 5.97 Å². The number of rotatable bonds is 4. The average Bonchev–Trinajstić information content (AvgIpc) is 3.04. The van der Waals surface area contributed by atoms with Crippen molar-refractivity contribution in [3.05, 3.63) is 58.7 Å². The molecule has 104 valence electrons. The zero-order valence-electron chi connectivity index (χ0n) is 11.4. The zero-order chi connectivity index (χ0) is 14.1. The Bertz CT molecular complexity index is 574. The minimum atomic E-state index is -0.301. The summed E-state index contributed by atoms with van der Waals surface area (Å²) in [6.45, 7) is 2.20. The van der Waals surface area contributed by atoms with Gasteiger partial charge < -0.3 is 4.74 Å². The Morgan fingerprint density at radius 1 is 1.35 bits per heavy atom. The van der Waals surface area contributed by atoms with Crippen LogP contribution in [-0.2, 0) is 9.53 Å². The number of ether oxygens (including phenoxy) is 1.